The maximum absolute atomic E-state index is 9.17. The summed E-state index contributed by atoms with van der Waals surface area (Å²) >= 11 is 11.4. The highest BCUT2D eigenvalue weighted by Crippen LogP contribution is 2.29. The van der Waals surface area contributed by atoms with Crippen molar-refractivity contribution in [3.05, 3.63) is 51.8 Å². The van der Waals surface area contributed by atoms with Crippen LogP contribution in [0.25, 0.3) is 16.7 Å². The van der Waals surface area contributed by atoms with Crippen molar-refractivity contribution in [3.63, 3.8) is 0 Å². The van der Waals surface area contributed by atoms with Crippen molar-refractivity contribution < 1.29 is 4.74 Å². The van der Waals surface area contributed by atoms with Gasteiger partial charge in [-0.1, -0.05) is 17.7 Å². The molecule has 0 bridgehead atoms. The molecule has 0 unspecified atom stereocenters. The zero-order chi connectivity index (χ0) is 15.0. The zero-order valence-electron chi connectivity index (χ0n) is 11.1. The molecule has 0 radical (unpaired) electrons. The SMILES string of the molecule is COc1cc(-n2c(=S)[nH]c3c(C#N)cccc32)ccc1Cl. The Bertz CT molecular complexity index is 936. The van der Waals surface area contributed by atoms with Gasteiger partial charge in [0.1, 0.15) is 11.8 Å². The number of hydrogen-bond acceptors (Lipinski definition) is 3. The van der Waals surface area contributed by atoms with Gasteiger partial charge in [-0.2, -0.15) is 5.26 Å². The summed E-state index contributed by atoms with van der Waals surface area (Å²) in [6.07, 6.45) is 0. The smallest absolute Gasteiger partial charge is 0.182 e. The summed E-state index contributed by atoms with van der Waals surface area (Å²) in [6.45, 7) is 0. The van der Waals surface area contributed by atoms with E-state index in [9.17, 15) is 5.26 Å². The molecule has 3 rings (SSSR count). The Morgan fingerprint density at radius 1 is 1.33 bits per heavy atom. The first-order chi connectivity index (χ1) is 10.2. The monoisotopic (exact) mass is 315 g/mol. The van der Waals surface area contributed by atoms with E-state index >= 15 is 0 Å². The molecular formula is C15H10ClN3OS. The van der Waals surface area contributed by atoms with Gasteiger partial charge in [-0.3, -0.25) is 4.57 Å². The van der Waals surface area contributed by atoms with Crippen molar-refractivity contribution in [2.24, 2.45) is 0 Å². The molecule has 6 heteroatoms. The number of fused-ring (bicyclic) bond motifs is 1. The lowest BCUT2D eigenvalue weighted by Gasteiger charge is -2.08. The van der Waals surface area contributed by atoms with E-state index in [0.717, 1.165) is 16.7 Å². The number of imidazole rings is 1. The van der Waals surface area contributed by atoms with E-state index in [-0.39, 0.29) is 0 Å². The minimum absolute atomic E-state index is 0.511. The lowest BCUT2D eigenvalue weighted by atomic mass is 10.2. The molecule has 0 aliphatic carbocycles. The third-order valence-corrected chi connectivity index (χ3v) is 3.83. The van der Waals surface area contributed by atoms with Crippen LogP contribution in [0.3, 0.4) is 0 Å². The Labute approximate surface area is 131 Å². The molecule has 1 aromatic heterocycles. The number of nitrogens with zero attached hydrogens (tertiary/aromatic N) is 2. The van der Waals surface area contributed by atoms with Gasteiger partial charge in [0.15, 0.2) is 4.77 Å². The fourth-order valence-corrected chi connectivity index (χ4v) is 2.77. The van der Waals surface area contributed by atoms with Gasteiger partial charge in [-0.15, -0.1) is 0 Å². The van der Waals surface area contributed by atoms with E-state index in [4.69, 9.17) is 28.6 Å². The van der Waals surface area contributed by atoms with Crippen molar-refractivity contribution >= 4 is 34.9 Å². The van der Waals surface area contributed by atoms with Crippen LogP contribution in [-0.4, -0.2) is 16.7 Å². The Morgan fingerprint density at radius 3 is 2.86 bits per heavy atom. The number of aromatic nitrogens is 2. The molecule has 0 aliphatic rings. The number of aromatic amines is 1. The van der Waals surface area contributed by atoms with Crippen LogP contribution >= 0.6 is 23.8 Å². The van der Waals surface area contributed by atoms with Crippen LogP contribution in [0.2, 0.25) is 5.02 Å². The molecule has 3 aromatic rings. The zero-order valence-corrected chi connectivity index (χ0v) is 12.6. The van der Waals surface area contributed by atoms with Crippen LogP contribution in [0.5, 0.6) is 5.75 Å². The number of rotatable bonds is 2. The van der Waals surface area contributed by atoms with Crippen LogP contribution in [0.4, 0.5) is 0 Å². The van der Waals surface area contributed by atoms with Crippen molar-refractivity contribution in [2.45, 2.75) is 0 Å². The van der Waals surface area contributed by atoms with Crippen molar-refractivity contribution in [1.29, 1.82) is 5.26 Å². The quantitative estimate of drug-likeness (QED) is 0.720. The average Bonchev–Trinajstić information content (AvgIpc) is 2.83. The summed E-state index contributed by atoms with van der Waals surface area (Å²) in [5.41, 5.74) is 2.93. The molecule has 1 N–H and O–H groups in total. The number of para-hydroxylation sites is 1. The molecule has 0 saturated carbocycles. The topological polar surface area (TPSA) is 53.7 Å². The molecular weight excluding hydrogens is 306 g/mol. The minimum atomic E-state index is 0.511. The molecule has 4 nitrogen and oxygen atoms in total. The average molecular weight is 316 g/mol. The maximum atomic E-state index is 9.17. The second-order valence-corrected chi connectivity index (χ2v) is 5.19. The molecule has 21 heavy (non-hydrogen) atoms. The molecule has 2 aromatic carbocycles. The van der Waals surface area contributed by atoms with E-state index in [1.54, 1.807) is 19.2 Å². The van der Waals surface area contributed by atoms with Gasteiger partial charge < -0.3 is 9.72 Å². The summed E-state index contributed by atoms with van der Waals surface area (Å²) in [6, 6.07) is 13.1. The van der Waals surface area contributed by atoms with E-state index in [1.807, 2.05) is 28.8 Å². The number of nitrogens with one attached hydrogen (secondary N) is 1. The largest absolute Gasteiger partial charge is 0.495 e. The number of hydrogen-bond donors (Lipinski definition) is 1. The van der Waals surface area contributed by atoms with Gasteiger partial charge in [0.05, 0.1) is 34.4 Å². The maximum Gasteiger partial charge on any atom is 0.182 e. The molecule has 0 aliphatic heterocycles. The molecule has 0 spiro atoms. The number of methoxy groups -OCH3 is 1. The van der Waals surface area contributed by atoms with E-state index in [2.05, 4.69) is 11.1 Å². The van der Waals surface area contributed by atoms with Gasteiger partial charge in [0, 0.05) is 6.07 Å². The van der Waals surface area contributed by atoms with Crippen LogP contribution in [0.1, 0.15) is 5.56 Å². The second-order valence-electron chi connectivity index (χ2n) is 4.40. The fourth-order valence-electron chi connectivity index (χ4n) is 2.27. The molecule has 0 atom stereocenters. The first kappa shape index (κ1) is 13.7. The Morgan fingerprint density at radius 2 is 2.14 bits per heavy atom. The molecule has 1 heterocycles. The highest BCUT2D eigenvalue weighted by molar-refractivity contribution is 7.71. The summed E-state index contributed by atoms with van der Waals surface area (Å²) in [5, 5.41) is 9.71. The molecule has 0 amide bonds. The third kappa shape index (κ3) is 2.19. The standard InChI is InChI=1S/C15H10ClN3OS/c1-20-13-7-10(5-6-11(13)16)19-12-4-2-3-9(8-17)14(12)18-15(19)21/h2-7H,1H3,(H,18,21). The Hall–Kier alpha value is -2.29. The van der Waals surface area contributed by atoms with Gasteiger partial charge in [0.2, 0.25) is 0 Å². The van der Waals surface area contributed by atoms with E-state index in [1.165, 1.54) is 0 Å². The van der Waals surface area contributed by atoms with Crippen molar-refractivity contribution in [1.82, 2.24) is 9.55 Å². The van der Waals surface area contributed by atoms with Gasteiger partial charge in [0.25, 0.3) is 0 Å². The van der Waals surface area contributed by atoms with Crippen LogP contribution < -0.4 is 4.74 Å². The van der Waals surface area contributed by atoms with Crippen LogP contribution in [0, 0.1) is 16.1 Å². The summed E-state index contributed by atoms with van der Waals surface area (Å²) < 4.78 is 7.60. The van der Waals surface area contributed by atoms with Gasteiger partial charge in [-0.05, 0) is 36.5 Å². The normalized spacial score (nSPS) is 10.5. The molecule has 104 valence electrons. The number of halogens is 1. The Balaban J connectivity index is 2.34. The van der Waals surface area contributed by atoms with Crippen LogP contribution in [-0.2, 0) is 0 Å². The molecule has 0 fully saturated rings. The van der Waals surface area contributed by atoms with Crippen molar-refractivity contribution in [2.75, 3.05) is 7.11 Å². The Kier molecular flexibility index (Phi) is 3.42. The number of H-pyrrole nitrogens is 1. The number of nitriles is 1. The van der Waals surface area contributed by atoms with Crippen molar-refractivity contribution in [3.8, 4) is 17.5 Å². The van der Waals surface area contributed by atoms with Crippen LogP contribution in [0.15, 0.2) is 36.4 Å². The molecule has 0 saturated heterocycles. The van der Waals surface area contributed by atoms with E-state index < -0.39 is 0 Å². The predicted molar refractivity (Wildman–Crippen MR) is 84.7 cm³/mol. The highest BCUT2D eigenvalue weighted by Gasteiger charge is 2.11. The number of benzene rings is 2. The summed E-state index contributed by atoms with van der Waals surface area (Å²) in [5.74, 6) is 0.571. The summed E-state index contributed by atoms with van der Waals surface area (Å²) in [7, 11) is 1.56. The first-order valence-corrected chi connectivity index (χ1v) is 6.92. The lowest BCUT2D eigenvalue weighted by Crippen LogP contribution is -1.95. The number of ether oxygens (including phenoxy) is 1. The first-order valence-electron chi connectivity index (χ1n) is 6.13. The van der Waals surface area contributed by atoms with Gasteiger partial charge in [-0.25, -0.2) is 0 Å². The lowest BCUT2D eigenvalue weighted by molar-refractivity contribution is 0.415. The second kappa shape index (κ2) is 5.24. The highest BCUT2D eigenvalue weighted by atomic mass is 35.5. The third-order valence-electron chi connectivity index (χ3n) is 3.23. The minimum Gasteiger partial charge on any atom is -0.495 e. The van der Waals surface area contributed by atoms with E-state index in [0.29, 0.717) is 21.1 Å². The predicted octanol–water partition coefficient (Wildman–Crippen LogP) is 4.22. The fraction of sp³-hybridized carbons (Fsp3) is 0.0667. The van der Waals surface area contributed by atoms with Gasteiger partial charge >= 0.3 is 0 Å². The summed E-state index contributed by atoms with van der Waals surface area (Å²) in [4.78, 5) is 3.08.